The number of aromatic nitrogens is 5. The minimum Gasteiger partial charge on any atom is -0.368 e. The molecule has 4 aromatic rings. The molecule has 33 heavy (non-hydrogen) atoms. The first-order chi connectivity index (χ1) is 16.2. The van der Waals surface area contributed by atoms with Crippen LogP contribution in [0.5, 0.6) is 0 Å². The normalized spacial score (nSPS) is 18.4. The van der Waals surface area contributed by atoms with Crippen molar-refractivity contribution in [1.29, 1.82) is 0 Å². The summed E-state index contributed by atoms with van der Waals surface area (Å²) in [5, 5.41) is 13.5. The first kappa shape index (κ1) is 20.3. The number of hydrogen-bond acceptors (Lipinski definition) is 6. The third-order valence-corrected chi connectivity index (χ3v) is 7.23. The van der Waals surface area contributed by atoms with Crippen molar-refractivity contribution in [3.05, 3.63) is 71.2 Å². The van der Waals surface area contributed by atoms with Gasteiger partial charge in [-0.2, -0.15) is 4.68 Å². The standard InChI is InChI=1S/C26H29N7/c1-18-9-10-22-23(27-18)6-4-7-24(22)32-16-15-31(19(2)17-32)14-13-20-5-3-8-25-21(20)11-12-26-28-29-30-33(25)26/h3-10,19H,11-17H2,1-2H3/t19-/m1/s1. The Morgan fingerprint density at radius 1 is 0.970 bits per heavy atom. The van der Waals surface area contributed by atoms with Gasteiger partial charge in [0.15, 0.2) is 5.82 Å². The summed E-state index contributed by atoms with van der Waals surface area (Å²) in [6.45, 7) is 8.63. The highest BCUT2D eigenvalue weighted by atomic mass is 15.5. The fraction of sp³-hybridized carbons (Fsp3) is 0.385. The van der Waals surface area contributed by atoms with Gasteiger partial charge in [-0.05, 0) is 78.6 Å². The maximum absolute atomic E-state index is 4.72. The third-order valence-electron chi connectivity index (χ3n) is 7.23. The Balaban J connectivity index is 1.16. The lowest BCUT2D eigenvalue weighted by Crippen LogP contribution is -2.52. The number of aryl methyl sites for hydroxylation is 2. The van der Waals surface area contributed by atoms with Gasteiger partial charge >= 0.3 is 0 Å². The van der Waals surface area contributed by atoms with Gasteiger partial charge in [0.1, 0.15) is 0 Å². The molecule has 0 N–H and O–H groups in total. The molecule has 0 bridgehead atoms. The second-order valence-electron chi connectivity index (χ2n) is 9.30. The summed E-state index contributed by atoms with van der Waals surface area (Å²) in [4.78, 5) is 9.89. The number of fused-ring (bicyclic) bond motifs is 4. The lowest BCUT2D eigenvalue weighted by atomic mass is 9.95. The number of benzene rings is 2. The van der Waals surface area contributed by atoms with Crippen molar-refractivity contribution in [2.24, 2.45) is 0 Å². The summed E-state index contributed by atoms with van der Waals surface area (Å²) in [6.07, 6.45) is 2.98. The van der Waals surface area contributed by atoms with Gasteiger partial charge in [-0.3, -0.25) is 9.88 Å². The fourth-order valence-electron chi connectivity index (χ4n) is 5.45. The van der Waals surface area contributed by atoms with Crippen LogP contribution in [-0.2, 0) is 19.3 Å². The molecule has 2 aromatic carbocycles. The summed E-state index contributed by atoms with van der Waals surface area (Å²) in [5.74, 6) is 0.961. The predicted octanol–water partition coefficient (Wildman–Crippen LogP) is 3.37. The zero-order chi connectivity index (χ0) is 22.4. The van der Waals surface area contributed by atoms with E-state index in [2.05, 4.69) is 87.7 Å². The van der Waals surface area contributed by atoms with E-state index in [1.165, 1.54) is 22.2 Å². The molecule has 7 nitrogen and oxygen atoms in total. The van der Waals surface area contributed by atoms with Gasteiger partial charge in [0.2, 0.25) is 0 Å². The lowest BCUT2D eigenvalue weighted by Gasteiger charge is -2.41. The van der Waals surface area contributed by atoms with E-state index in [9.17, 15) is 0 Å². The molecule has 1 fully saturated rings. The molecular weight excluding hydrogens is 410 g/mol. The fourth-order valence-corrected chi connectivity index (χ4v) is 5.45. The maximum atomic E-state index is 4.72. The Morgan fingerprint density at radius 3 is 2.76 bits per heavy atom. The molecule has 168 valence electrons. The SMILES string of the molecule is Cc1ccc2c(N3CCN(CCc4cccc5c4CCc4nnnn4-5)[C@H](C)C3)cccc2n1. The molecule has 0 spiro atoms. The van der Waals surface area contributed by atoms with Crippen LogP contribution in [0.2, 0.25) is 0 Å². The largest absolute Gasteiger partial charge is 0.368 e. The van der Waals surface area contributed by atoms with Crippen molar-refractivity contribution in [3.63, 3.8) is 0 Å². The van der Waals surface area contributed by atoms with Crippen LogP contribution >= 0.6 is 0 Å². The lowest BCUT2D eigenvalue weighted by molar-refractivity contribution is 0.192. The molecule has 0 unspecified atom stereocenters. The van der Waals surface area contributed by atoms with E-state index in [1.807, 2.05) is 4.68 Å². The average Bonchev–Trinajstić information content (AvgIpc) is 3.32. The Morgan fingerprint density at radius 2 is 1.85 bits per heavy atom. The first-order valence-electron chi connectivity index (χ1n) is 11.9. The number of pyridine rings is 1. The molecule has 2 aliphatic rings. The van der Waals surface area contributed by atoms with E-state index >= 15 is 0 Å². The molecule has 6 rings (SSSR count). The number of tetrazole rings is 1. The number of piperazine rings is 1. The van der Waals surface area contributed by atoms with Crippen LogP contribution in [0, 0.1) is 6.92 Å². The van der Waals surface area contributed by atoms with Crippen molar-refractivity contribution in [3.8, 4) is 5.69 Å². The second-order valence-corrected chi connectivity index (χ2v) is 9.30. The molecule has 0 radical (unpaired) electrons. The van der Waals surface area contributed by atoms with Gasteiger partial charge in [-0.1, -0.05) is 18.2 Å². The Hall–Kier alpha value is -3.32. The van der Waals surface area contributed by atoms with E-state index in [-0.39, 0.29) is 0 Å². The van der Waals surface area contributed by atoms with Crippen molar-refractivity contribution >= 4 is 16.6 Å². The topological polar surface area (TPSA) is 63.0 Å². The monoisotopic (exact) mass is 439 g/mol. The van der Waals surface area contributed by atoms with E-state index < -0.39 is 0 Å². The van der Waals surface area contributed by atoms with Crippen LogP contribution in [0.15, 0.2) is 48.5 Å². The van der Waals surface area contributed by atoms with Crippen molar-refractivity contribution in [2.75, 3.05) is 31.1 Å². The number of nitrogens with zero attached hydrogens (tertiary/aromatic N) is 7. The summed E-state index contributed by atoms with van der Waals surface area (Å²) < 4.78 is 1.91. The quantitative estimate of drug-likeness (QED) is 0.486. The van der Waals surface area contributed by atoms with Crippen LogP contribution in [0.3, 0.4) is 0 Å². The Kier molecular flexibility index (Phi) is 5.06. The van der Waals surface area contributed by atoms with Crippen LogP contribution in [0.25, 0.3) is 16.6 Å². The van der Waals surface area contributed by atoms with E-state index in [4.69, 9.17) is 4.98 Å². The zero-order valence-corrected chi connectivity index (χ0v) is 19.3. The molecule has 1 saturated heterocycles. The highest BCUT2D eigenvalue weighted by molar-refractivity contribution is 5.92. The minimum atomic E-state index is 0.498. The van der Waals surface area contributed by atoms with Gasteiger partial charge in [-0.15, -0.1) is 5.10 Å². The van der Waals surface area contributed by atoms with Crippen LogP contribution in [0.1, 0.15) is 29.6 Å². The molecule has 7 heteroatoms. The van der Waals surface area contributed by atoms with Crippen LogP contribution in [0.4, 0.5) is 5.69 Å². The molecule has 0 saturated carbocycles. The Labute approximate surface area is 194 Å². The van der Waals surface area contributed by atoms with Crippen LogP contribution < -0.4 is 4.90 Å². The first-order valence-corrected chi connectivity index (χ1v) is 11.9. The van der Waals surface area contributed by atoms with E-state index in [0.29, 0.717) is 6.04 Å². The number of anilines is 1. The molecule has 0 amide bonds. The molecule has 4 heterocycles. The second kappa shape index (κ2) is 8.23. The number of hydrogen-bond donors (Lipinski definition) is 0. The van der Waals surface area contributed by atoms with E-state index in [1.54, 1.807) is 0 Å². The summed E-state index contributed by atoms with van der Waals surface area (Å²) in [7, 11) is 0. The summed E-state index contributed by atoms with van der Waals surface area (Å²) >= 11 is 0. The smallest absolute Gasteiger partial charge is 0.157 e. The van der Waals surface area contributed by atoms with Crippen molar-refractivity contribution in [2.45, 2.75) is 39.2 Å². The third kappa shape index (κ3) is 3.66. The van der Waals surface area contributed by atoms with Gasteiger partial charge in [0.25, 0.3) is 0 Å². The average molecular weight is 440 g/mol. The highest BCUT2D eigenvalue weighted by Crippen LogP contribution is 2.29. The zero-order valence-electron chi connectivity index (χ0n) is 19.3. The highest BCUT2D eigenvalue weighted by Gasteiger charge is 2.26. The predicted molar refractivity (Wildman–Crippen MR) is 130 cm³/mol. The summed E-state index contributed by atoms with van der Waals surface area (Å²) in [5.41, 5.74) is 7.44. The van der Waals surface area contributed by atoms with Gasteiger partial charge in [-0.25, -0.2) is 0 Å². The molecular formula is C26H29N7. The van der Waals surface area contributed by atoms with Crippen LogP contribution in [-0.4, -0.2) is 62.3 Å². The Bertz CT molecular complexity index is 1310. The minimum absolute atomic E-state index is 0.498. The maximum Gasteiger partial charge on any atom is 0.157 e. The van der Waals surface area contributed by atoms with Crippen molar-refractivity contribution in [1.82, 2.24) is 30.1 Å². The molecule has 2 aromatic heterocycles. The number of rotatable bonds is 4. The van der Waals surface area contributed by atoms with Gasteiger partial charge in [0.05, 0.1) is 11.2 Å². The van der Waals surface area contributed by atoms with Gasteiger partial charge < -0.3 is 4.90 Å². The van der Waals surface area contributed by atoms with E-state index in [0.717, 1.165) is 68.2 Å². The molecule has 1 atom stereocenters. The molecule has 0 aliphatic carbocycles. The summed E-state index contributed by atoms with van der Waals surface area (Å²) in [6, 6.07) is 17.9. The molecule has 2 aliphatic heterocycles. The van der Waals surface area contributed by atoms with Gasteiger partial charge in [0, 0.05) is 55.4 Å². The van der Waals surface area contributed by atoms with Crippen molar-refractivity contribution < 1.29 is 0 Å².